The van der Waals surface area contributed by atoms with Gasteiger partial charge in [0.15, 0.2) is 0 Å². The van der Waals surface area contributed by atoms with Crippen LogP contribution in [0.5, 0.6) is 0 Å². The van der Waals surface area contributed by atoms with Crippen molar-refractivity contribution in [3.05, 3.63) is 23.8 Å². The topological polar surface area (TPSA) is 58.3 Å². The molecular formula is C14H21F3N2O. The van der Waals surface area contributed by atoms with Gasteiger partial charge < -0.3 is 16.2 Å². The van der Waals surface area contributed by atoms with E-state index in [0.717, 1.165) is 6.07 Å². The standard InChI is InChI=1S/C14H21F3N2O/c1-3-13(4-2,9-20)8-19-12-6-5-10(18)7-11(12)14(15,16)17/h5-7,19-20H,3-4,8-9,18H2,1-2H3. The summed E-state index contributed by atoms with van der Waals surface area (Å²) < 4.78 is 38.8. The molecule has 0 saturated carbocycles. The van der Waals surface area contributed by atoms with Crippen LogP contribution in [0.2, 0.25) is 0 Å². The fourth-order valence-corrected chi connectivity index (χ4v) is 2.01. The Kier molecular flexibility index (Phi) is 5.28. The molecule has 0 aliphatic carbocycles. The molecule has 1 aromatic carbocycles. The van der Waals surface area contributed by atoms with E-state index in [1.807, 2.05) is 13.8 Å². The van der Waals surface area contributed by atoms with Gasteiger partial charge in [0.2, 0.25) is 0 Å². The molecule has 0 radical (unpaired) electrons. The average molecular weight is 290 g/mol. The SMILES string of the molecule is CCC(CC)(CO)CNc1ccc(N)cc1C(F)(F)F. The zero-order chi connectivity index (χ0) is 15.4. The van der Waals surface area contributed by atoms with Crippen LogP contribution in [0.15, 0.2) is 18.2 Å². The monoisotopic (exact) mass is 290 g/mol. The van der Waals surface area contributed by atoms with Crippen molar-refractivity contribution in [2.75, 3.05) is 24.2 Å². The first-order chi connectivity index (χ1) is 9.28. The minimum Gasteiger partial charge on any atom is -0.399 e. The average Bonchev–Trinajstić information content (AvgIpc) is 2.41. The number of halogens is 3. The van der Waals surface area contributed by atoms with E-state index >= 15 is 0 Å². The van der Waals surface area contributed by atoms with Gasteiger partial charge in [-0.25, -0.2) is 0 Å². The number of hydrogen-bond acceptors (Lipinski definition) is 3. The maximum Gasteiger partial charge on any atom is 0.418 e. The van der Waals surface area contributed by atoms with Gasteiger partial charge in [0.1, 0.15) is 0 Å². The molecule has 4 N–H and O–H groups in total. The van der Waals surface area contributed by atoms with Crippen LogP contribution in [0, 0.1) is 5.41 Å². The van der Waals surface area contributed by atoms with Gasteiger partial charge in [-0.05, 0) is 31.0 Å². The van der Waals surface area contributed by atoms with Crippen LogP contribution in [0.1, 0.15) is 32.3 Å². The summed E-state index contributed by atoms with van der Waals surface area (Å²) in [5.74, 6) is 0. The Morgan fingerprint density at radius 3 is 2.25 bits per heavy atom. The summed E-state index contributed by atoms with van der Waals surface area (Å²) in [5, 5.41) is 12.3. The zero-order valence-electron chi connectivity index (χ0n) is 11.7. The highest BCUT2D eigenvalue weighted by molar-refractivity contribution is 5.59. The number of alkyl halides is 3. The summed E-state index contributed by atoms with van der Waals surface area (Å²) in [6.45, 7) is 4.04. The van der Waals surface area contributed by atoms with E-state index in [4.69, 9.17) is 5.73 Å². The van der Waals surface area contributed by atoms with Gasteiger partial charge >= 0.3 is 6.18 Å². The van der Waals surface area contributed by atoms with E-state index in [0.29, 0.717) is 12.8 Å². The van der Waals surface area contributed by atoms with Crippen molar-refractivity contribution in [3.63, 3.8) is 0 Å². The number of benzene rings is 1. The fraction of sp³-hybridized carbons (Fsp3) is 0.571. The summed E-state index contributed by atoms with van der Waals surface area (Å²) in [5.41, 5.74) is 4.29. The number of nitrogens with two attached hydrogens (primary N) is 1. The Labute approximate surface area is 117 Å². The first kappa shape index (κ1) is 16.6. The van der Waals surface area contributed by atoms with Gasteiger partial charge in [-0.2, -0.15) is 13.2 Å². The Hall–Kier alpha value is -1.43. The lowest BCUT2D eigenvalue weighted by molar-refractivity contribution is -0.136. The maximum absolute atomic E-state index is 12.9. The second-order valence-corrected chi connectivity index (χ2v) is 5.02. The molecule has 0 unspecified atom stereocenters. The Morgan fingerprint density at radius 1 is 1.20 bits per heavy atom. The van der Waals surface area contributed by atoms with Gasteiger partial charge in [0.05, 0.1) is 12.2 Å². The Morgan fingerprint density at radius 2 is 1.80 bits per heavy atom. The number of aliphatic hydroxyl groups is 1. The molecule has 114 valence electrons. The van der Waals surface area contributed by atoms with Crippen LogP contribution in [-0.2, 0) is 6.18 Å². The zero-order valence-corrected chi connectivity index (χ0v) is 11.7. The molecule has 1 rings (SSSR count). The Balaban J connectivity index is 2.98. The number of rotatable bonds is 6. The van der Waals surface area contributed by atoms with Crippen molar-refractivity contribution in [1.82, 2.24) is 0 Å². The normalized spacial score (nSPS) is 12.5. The summed E-state index contributed by atoms with van der Waals surface area (Å²) >= 11 is 0. The van der Waals surface area contributed by atoms with Crippen molar-refractivity contribution in [2.24, 2.45) is 5.41 Å². The quantitative estimate of drug-likeness (QED) is 0.703. The summed E-state index contributed by atoms with van der Waals surface area (Å²) in [6, 6.07) is 3.67. The second-order valence-electron chi connectivity index (χ2n) is 5.02. The van der Waals surface area contributed by atoms with Crippen molar-refractivity contribution in [2.45, 2.75) is 32.9 Å². The second kappa shape index (κ2) is 6.35. The molecule has 0 bridgehead atoms. The molecule has 3 nitrogen and oxygen atoms in total. The predicted molar refractivity (Wildman–Crippen MR) is 74.4 cm³/mol. The van der Waals surface area contributed by atoms with E-state index in [-0.39, 0.29) is 24.5 Å². The third kappa shape index (κ3) is 3.79. The summed E-state index contributed by atoms with van der Waals surface area (Å²) in [7, 11) is 0. The Bertz CT molecular complexity index is 434. The van der Waals surface area contributed by atoms with E-state index in [1.165, 1.54) is 12.1 Å². The molecule has 20 heavy (non-hydrogen) atoms. The van der Waals surface area contributed by atoms with Crippen LogP contribution in [-0.4, -0.2) is 18.3 Å². The molecule has 0 aliphatic heterocycles. The number of hydrogen-bond donors (Lipinski definition) is 3. The summed E-state index contributed by atoms with van der Waals surface area (Å²) in [4.78, 5) is 0. The number of aliphatic hydroxyl groups excluding tert-OH is 1. The number of nitrogens with one attached hydrogen (secondary N) is 1. The van der Waals surface area contributed by atoms with Crippen molar-refractivity contribution >= 4 is 11.4 Å². The van der Waals surface area contributed by atoms with E-state index in [9.17, 15) is 18.3 Å². The van der Waals surface area contributed by atoms with Crippen LogP contribution < -0.4 is 11.1 Å². The lowest BCUT2D eigenvalue weighted by atomic mass is 9.83. The number of anilines is 2. The predicted octanol–water partition coefficient (Wildman–Crippen LogP) is 3.50. The molecule has 0 heterocycles. The van der Waals surface area contributed by atoms with Crippen LogP contribution >= 0.6 is 0 Å². The highest BCUT2D eigenvalue weighted by atomic mass is 19.4. The fourth-order valence-electron chi connectivity index (χ4n) is 2.01. The smallest absolute Gasteiger partial charge is 0.399 e. The highest BCUT2D eigenvalue weighted by Crippen LogP contribution is 2.37. The third-order valence-corrected chi connectivity index (χ3v) is 3.84. The first-order valence-electron chi connectivity index (χ1n) is 6.59. The van der Waals surface area contributed by atoms with Crippen LogP contribution in [0.4, 0.5) is 24.5 Å². The molecule has 0 aliphatic rings. The summed E-state index contributed by atoms with van der Waals surface area (Å²) in [6.07, 6.45) is -3.09. The van der Waals surface area contributed by atoms with E-state index in [2.05, 4.69) is 5.32 Å². The maximum atomic E-state index is 12.9. The van der Waals surface area contributed by atoms with Crippen molar-refractivity contribution in [1.29, 1.82) is 0 Å². The molecule has 0 amide bonds. The third-order valence-electron chi connectivity index (χ3n) is 3.84. The van der Waals surface area contributed by atoms with E-state index < -0.39 is 17.2 Å². The van der Waals surface area contributed by atoms with Crippen molar-refractivity contribution in [3.8, 4) is 0 Å². The molecule has 0 spiro atoms. The minimum atomic E-state index is -4.46. The van der Waals surface area contributed by atoms with Crippen LogP contribution in [0.25, 0.3) is 0 Å². The van der Waals surface area contributed by atoms with E-state index in [1.54, 1.807) is 0 Å². The van der Waals surface area contributed by atoms with Gasteiger partial charge in [0.25, 0.3) is 0 Å². The van der Waals surface area contributed by atoms with Gasteiger partial charge in [0, 0.05) is 23.3 Å². The van der Waals surface area contributed by atoms with Crippen LogP contribution in [0.3, 0.4) is 0 Å². The molecule has 0 saturated heterocycles. The molecular weight excluding hydrogens is 269 g/mol. The number of nitrogen functional groups attached to an aromatic ring is 1. The molecule has 0 aromatic heterocycles. The molecule has 6 heteroatoms. The largest absolute Gasteiger partial charge is 0.418 e. The lowest BCUT2D eigenvalue weighted by Crippen LogP contribution is -2.32. The molecule has 1 aromatic rings. The minimum absolute atomic E-state index is 0.00794. The highest BCUT2D eigenvalue weighted by Gasteiger charge is 2.34. The first-order valence-corrected chi connectivity index (χ1v) is 6.59. The van der Waals surface area contributed by atoms with Gasteiger partial charge in [-0.3, -0.25) is 0 Å². The van der Waals surface area contributed by atoms with Gasteiger partial charge in [-0.1, -0.05) is 13.8 Å². The molecule has 0 fully saturated rings. The van der Waals surface area contributed by atoms with Crippen molar-refractivity contribution < 1.29 is 18.3 Å². The molecule has 0 atom stereocenters. The van der Waals surface area contributed by atoms with Gasteiger partial charge in [-0.15, -0.1) is 0 Å². The lowest BCUT2D eigenvalue weighted by Gasteiger charge is -2.30.